The molecule has 0 N–H and O–H groups in total. The number of nitrogens with zero attached hydrogens (tertiary/aromatic N) is 1. The van der Waals surface area contributed by atoms with Crippen LogP contribution in [-0.4, -0.2) is 19.4 Å². The SMILES string of the molecule is Cc1cc(N2CCC3(CCCCC3)CC2)ccc1C=O. The Balaban J connectivity index is 1.68. The fourth-order valence-electron chi connectivity index (χ4n) is 4.03. The van der Waals surface area contributed by atoms with E-state index in [9.17, 15) is 4.79 Å². The van der Waals surface area contributed by atoms with E-state index in [1.807, 2.05) is 13.0 Å². The smallest absolute Gasteiger partial charge is 0.150 e. The van der Waals surface area contributed by atoms with Crippen LogP contribution in [0.2, 0.25) is 0 Å². The number of anilines is 1. The molecule has 1 spiro atoms. The summed E-state index contributed by atoms with van der Waals surface area (Å²) in [6.07, 6.45) is 10.9. The zero-order valence-electron chi connectivity index (χ0n) is 12.5. The minimum absolute atomic E-state index is 0.659. The minimum Gasteiger partial charge on any atom is -0.371 e. The van der Waals surface area contributed by atoms with Gasteiger partial charge in [0, 0.05) is 24.3 Å². The molecule has 0 bridgehead atoms. The molecule has 1 heterocycles. The van der Waals surface area contributed by atoms with Crippen molar-refractivity contribution in [3.8, 4) is 0 Å². The van der Waals surface area contributed by atoms with Gasteiger partial charge in [0.25, 0.3) is 0 Å². The van der Waals surface area contributed by atoms with Crippen molar-refractivity contribution in [3.05, 3.63) is 29.3 Å². The van der Waals surface area contributed by atoms with Gasteiger partial charge in [0.05, 0.1) is 0 Å². The fourth-order valence-corrected chi connectivity index (χ4v) is 4.03. The molecule has 0 radical (unpaired) electrons. The number of carbonyl (C=O) groups is 1. The van der Waals surface area contributed by atoms with Gasteiger partial charge >= 0.3 is 0 Å². The molecule has 0 amide bonds. The highest BCUT2D eigenvalue weighted by molar-refractivity contribution is 5.78. The number of aldehydes is 1. The highest BCUT2D eigenvalue weighted by Gasteiger charge is 2.35. The largest absolute Gasteiger partial charge is 0.371 e. The molecule has 2 fully saturated rings. The number of hydrogen-bond donors (Lipinski definition) is 0. The maximum atomic E-state index is 10.9. The molecule has 2 heteroatoms. The lowest BCUT2D eigenvalue weighted by atomic mass is 9.68. The lowest BCUT2D eigenvalue weighted by Crippen LogP contribution is -2.41. The molecule has 20 heavy (non-hydrogen) atoms. The van der Waals surface area contributed by atoms with Crippen molar-refractivity contribution in [2.45, 2.75) is 51.9 Å². The molecular weight excluding hydrogens is 246 g/mol. The van der Waals surface area contributed by atoms with Crippen molar-refractivity contribution in [3.63, 3.8) is 0 Å². The molecule has 108 valence electrons. The topological polar surface area (TPSA) is 20.3 Å². The van der Waals surface area contributed by atoms with E-state index < -0.39 is 0 Å². The van der Waals surface area contributed by atoms with Crippen molar-refractivity contribution in [1.82, 2.24) is 0 Å². The van der Waals surface area contributed by atoms with Gasteiger partial charge in [-0.05, 0) is 61.8 Å². The first kappa shape index (κ1) is 13.7. The van der Waals surface area contributed by atoms with Crippen molar-refractivity contribution in [2.75, 3.05) is 18.0 Å². The quantitative estimate of drug-likeness (QED) is 0.745. The number of rotatable bonds is 2. The summed E-state index contributed by atoms with van der Waals surface area (Å²) in [5.41, 5.74) is 3.86. The van der Waals surface area contributed by atoms with Crippen LogP contribution < -0.4 is 4.90 Å². The Morgan fingerprint density at radius 2 is 1.75 bits per heavy atom. The van der Waals surface area contributed by atoms with Crippen LogP contribution in [0.4, 0.5) is 5.69 Å². The van der Waals surface area contributed by atoms with E-state index in [4.69, 9.17) is 0 Å². The number of piperidine rings is 1. The van der Waals surface area contributed by atoms with Gasteiger partial charge in [-0.3, -0.25) is 4.79 Å². The third kappa shape index (κ3) is 2.61. The second-order valence-corrected chi connectivity index (χ2v) is 6.71. The van der Waals surface area contributed by atoms with Gasteiger partial charge < -0.3 is 4.90 Å². The maximum Gasteiger partial charge on any atom is 0.150 e. The molecule has 0 aromatic heterocycles. The molecule has 3 rings (SSSR count). The number of aryl methyl sites for hydroxylation is 1. The van der Waals surface area contributed by atoms with E-state index >= 15 is 0 Å². The first-order valence-corrected chi connectivity index (χ1v) is 8.03. The van der Waals surface area contributed by atoms with Crippen LogP contribution in [0.25, 0.3) is 0 Å². The van der Waals surface area contributed by atoms with Crippen LogP contribution in [-0.2, 0) is 0 Å². The lowest BCUT2D eigenvalue weighted by molar-refractivity contribution is 0.112. The lowest BCUT2D eigenvalue weighted by Gasteiger charge is -2.45. The Labute approximate surface area is 122 Å². The predicted octanol–water partition coefficient (Wildman–Crippen LogP) is 4.36. The number of hydrogen-bond acceptors (Lipinski definition) is 2. The molecule has 1 aliphatic heterocycles. The van der Waals surface area contributed by atoms with Crippen molar-refractivity contribution >= 4 is 12.0 Å². The summed E-state index contributed by atoms with van der Waals surface area (Å²) in [5.74, 6) is 0. The molecule has 0 unspecified atom stereocenters. The van der Waals surface area contributed by atoms with Gasteiger partial charge in [-0.15, -0.1) is 0 Å². The van der Waals surface area contributed by atoms with E-state index in [1.165, 1.54) is 63.7 Å². The molecule has 1 aromatic rings. The first-order chi connectivity index (χ1) is 9.72. The average Bonchev–Trinajstić information content (AvgIpc) is 2.49. The van der Waals surface area contributed by atoms with E-state index in [-0.39, 0.29) is 0 Å². The van der Waals surface area contributed by atoms with Gasteiger partial charge in [-0.2, -0.15) is 0 Å². The molecule has 2 nitrogen and oxygen atoms in total. The molecule has 2 aliphatic rings. The fraction of sp³-hybridized carbons (Fsp3) is 0.611. The molecule has 1 aromatic carbocycles. The summed E-state index contributed by atoms with van der Waals surface area (Å²) in [6, 6.07) is 6.24. The van der Waals surface area contributed by atoms with E-state index in [2.05, 4.69) is 17.0 Å². The first-order valence-electron chi connectivity index (χ1n) is 8.03. The summed E-state index contributed by atoms with van der Waals surface area (Å²) in [7, 11) is 0. The van der Waals surface area contributed by atoms with E-state index in [0.29, 0.717) is 5.41 Å². The van der Waals surface area contributed by atoms with Crippen LogP contribution >= 0.6 is 0 Å². The minimum atomic E-state index is 0.659. The van der Waals surface area contributed by atoms with Crippen LogP contribution in [0.15, 0.2) is 18.2 Å². The van der Waals surface area contributed by atoms with Crippen LogP contribution in [0.1, 0.15) is 60.9 Å². The molecule has 1 aliphatic carbocycles. The number of benzene rings is 1. The number of carbonyl (C=O) groups excluding carboxylic acids is 1. The third-order valence-electron chi connectivity index (χ3n) is 5.48. The summed E-state index contributed by atoms with van der Waals surface area (Å²) in [6.45, 7) is 4.39. The van der Waals surface area contributed by atoms with E-state index in [0.717, 1.165) is 17.4 Å². The Kier molecular flexibility index (Phi) is 3.82. The van der Waals surface area contributed by atoms with Crippen molar-refractivity contribution < 1.29 is 4.79 Å². The normalized spacial score (nSPS) is 21.9. The second kappa shape index (κ2) is 5.59. The standard InChI is InChI=1S/C18H25NO/c1-15-13-17(6-5-16(15)14-20)19-11-9-18(10-12-19)7-3-2-4-8-18/h5-6,13-14H,2-4,7-12H2,1H3. The van der Waals surface area contributed by atoms with Gasteiger partial charge in [-0.1, -0.05) is 19.3 Å². The molecule has 1 saturated carbocycles. The second-order valence-electron chi connectivity index (χ2n) is 6.71. The maximum absolute atomic E-state index is 10.9. The van der Waals surface area contributed by atoms with Gasteiger partial charge in [0.1, 0.15) is 6.29 Å². The van der Waals surface area contributed by atoms with Crippen LogP contribution in [0.5, 0.6) is 0 Å². The van der Waals surface area contributed by atoms with Gasteiger partial charge in [0.2, 0.25) is 0 Å². The van der Waals surface area contributed by atoms with E-state index in [1.54, 1.807) is 0 Å². The molecule has 1 saturated heterocycles. The van der Waals surface area contributed by atoms with Crippen LogP contribution in [0.3, 0.4) is 0 Å². The van der Waals surface area contributed by atoms with Crippen molar-refractivity contribution in [2.24, 2.45) is 5.41 Å². The average molecular weight is 271 g/mol. The monoisotopic (exact) mass is 271 g/mol. The Hall–Kier alpha value is -1.31. The Bertz CT molecular complexity index is 478. The summed E-state index contributed by atoms with van der Waals surface area (Å²) >= 11 is 0. The zero-order chi connectivity index (χ0) is 14.0. The Morgan fingerprint density at radius 3 is 2.35 bits per heavy atom. The van der Waals surface area contributed by atoms with Gasteiger partial charge in [-0.25, -0.2) is 0 Å². The third-order valence-corrected chi connectivity index (χ3v) is 5.48. The van der Waals surface area contributed by atoms with Gasteiger partial charge in [0.15, 0.2) is 0 Å². The zero-order valence-corrected chi connectivity index (χ0v) is 12.5. The predicted molar refractivity (Wildman–Crippen MR) is 83.5 cm³/mol. The highest BCUT2D eigenvalue weighted by Crippen LogP contribution is 2.45. The molecule has 0 atom stereocenters. The summed E-state index contributed by atoms with van der Waals surface area (Å²) in [4.78, 5) is 13.4. The summed E-state index contributed by atoms with van der Waals surface area (Å²) < 4.78 is 0. The van der Waals surface area contributed by atoms with Crippen molar-refractivity contribution in [1.29, 1.82) is 0 Å². The van der Waals surface area contributed by atoms with Crippen LogP contribution in [0, 0.1) is 12.3 Å². The highest BCUT2D eigenvalue weighted by atomic mass is 16.1. The molecular formula is C18H25NO. The summed E-state index contributed by atoms with van der Waals surface area (Å²) in [5, 5.41) is 0. The Morgan fingerprint density at radius 1 is 1.05 bits per heavy atom.